The van der Waals surface area contributed by atoms with Gasteiger partial charge in [0, 0.05) is 11.7 Å². The summed E-state index contributed by atoms with van der Waals surface area (Å²) in [6.45, 7) is 4.98. The Morgan fingerprint density at radius 3 is 2.71 bits per heavy atom. The lowest BCUT2D eigenvalue weighted by molar-refractivity contribution is -0.142. The minimum atomic E-state index is -0.320. The number of benzene rings is 1. The first-order valence-electron chi connectivity index (χ1n) is 7.26. The van der Waals surface area contributed by atoms with Crippen LogP contribution in [0, 0.1) is 0 Å². The molecular weight excluding hydrogens is 268 g/mol. The number of carbonyl (C=O) groups is 2. The molecule has 114 valence electrons. The monoisotopic (exact) mass is 290 g/mol. The van der Waals surface area contributed by atoms with E-state index in [-0.39, 0.29) is 31.0 Å². The zero-order valence-electron chi connectivity index (χ0n) is 12.8. The second-order valence-corrected chi connectivity index (χ2v) is 5.33. The normalized spacial score (nSPS) is 17.0. The molecule has 0 bridgehead atoms. The van der Waals surface area contributed by atoms with Crippen molar-refractivity contribution in [1.29, 1.82) is 0 Å². The van der Waals surface area contributed by atoms with Crippen molar-refractivity contribution in [1.82, 2.24) is 4.90 Å². The zero-order chi connectivity index (χ0) is 15.4. The van der Waals surface area contributed by atoms with Gasteiger partial charge < -0.3 is 9.64 Å². The zero-order valence-corrected chi connectivity index (χ0v) is 12.8. The van der Waals surface area contributed by atoms with Crippen LogP contribution in [0.5, 0.6) is 0 Å². The van der Waals surface area contributed by atoms with Gasteiger partial charge in [0.05, 0.1) is 20.2 Å². The summed E-state index contributed by atoms with van der Waals surface area (Å²) in [7, 11) is 1.36. The van der Waals surface area contributed by atoms with Crippen LogP contribution in [-0.4, -0.2) is 49.6 Å². The molecule has 0 spiro atoms. The van der Waals surface area contributed by atoms with Gasteiger partial charge in [-0.3, -0.25) is 14.5 Å². The Labute approximate surface area is 125 Å². The van der Waals surface area contributed by atoms with Gasteiger partial charge >= 0.3 is 5.97 Å². The molecule has 1 aliphatic heterocycles. The molecule has 0 fully saturated rings. The van der Waals surface area contributed by atoms with E-state index in [0.717, 1.165) is 12.1 Å². The maximum atomic E-state index is 12.6. The van der Waals surface area contributed by atoms with Gasteiger partial charge in [0.15, 0.2) is 0 Å². The number of fused-ring (bicyclic) bond motifs is 1. The van der Waals surface area contributed by atoms with E-state index in [2.05, 4.69) is 17.7 Å². The fourth-order valence-corrected chi connectivity index (χ4v) is 2.74. The highest BCUT2D eigenvalue weighted by Gasteiger charge is 2.31. The summed E-state index contributed by atoms with van der Waals surface area (Å²) in [4.78, 5) is 27.6. The second-order valence-electron chi connectivity index (χ2n) is 5.33. The maximum Gasteiger partial charge on any atom is 0.319 e. The standard InChI is InChI=1S/C16H22N2O3/c1-4-17(11-16(20)21-3)10-15(19)18-12(2)9-13-7-5-6-8-14(13)18/h5-8,12H,4,9-11H2,1-3H3. The van der Waals surface area contributed by atoms with Gasteiger partial charge in [-0.25, -0.2) is 0 Å². The van der Waals surface area contributed by atoms with E-state index < -0.39 is 0 Å². The minimum Gasteiger partial charge on any atom is -0.468 e. The van der Waals surface area contributed by atoms with Crippen LogP contribution in [0.4, 0.5) is 5.69 Å². The smallest absolute Gasteiger partial charge is 0.319 e. The molecule has 1 heterocycles. The maximum absolute atomic E-state index is 12.6. The number of rotatable bonds is 5. The lowest BCUT2D eigenvalue weighted by Crippen LogP contribution is -2.44. The van der Waals surface area contributed by atoms with Crippen molar-refractivity contribution in [3.8, 4) is 0 Å². The molecule has 5 heteroatoms. The molecule has 1 atom stereocenters. The second kappa shape index (κ2) is 6.72. The van der Waals surface area contributed by atoms with E-state index in [9.17, 15) is 9.59 Å². The topological polar surface area (TPSA) is 49.9 Å². The highest BCUT2D eigenvalue weighted by molar-refractivity contribution is 5.97. The van der Waals surface area contributed by atoms with Crippen LogP contribution in [-0.2, 0) is 20.7 Å². The number of amides is 1. The predicted octanol–water partition coefficient (Wildman–Crippen LogP) is 1.46. The fourth-order valence-electron chi connectivity index (χ4n) is 2.74. The average molecular weight is 290 g/mol. The molecule has 2 rings (SSSR count). The molecule has 1 aromatic rings. The van der Waals surface area contributed by atoms with Crippen molar-refractivity contribution in [2.24, 2.45) is 0 Å². The molecule has 0 saturated carbocycles. The van der Waals surface area contributed by atoms with Crippen LogP contribution in [0.1, 0.15) is 19.4 Å². The third-order valence-corrected chi connectivity index (χ3v) is 3.86. The summed E-state index contributed by atoms with van der Waals surface area (Å²) in [5.41, 5.74) is 2.19. The lowest BCUT2D eigenvalue weighted by atomic mass is 10.1. The van der Waals surface area contributed by atoms with Crippen LogP contribution in [0.15, 0.2) is 24.3 Å². The number of nitrogens with zero attached hydrogens (tertiary/aromatic N) is 2. The van der Waals surface area contributed by atoms with Crippen molar-refractivity contribution in [3.05, 3.63) is 29.8 Å². The molecular formula is C16H22N2O3. The first-order chi connectivity index (χ1) is 10.1. The van der Waals surface area contributed by atoms with Gasteiger partial charge in [-0.1, -0.05) is 25.1 Å². The molecule has 1 amide bonds. The highest BCUT2D eigenvalue weighted by Crippen LogP contribution is 2.31. The van der Waals surface area contributed by atoms with Crippen LogP contribution >= 0.6 is 0 Å². The Morgan fingerprint density at radius 1 is 1.33 bits per heavy atom. The van der Waals surface area contributed by atoms with Crippen LogP contribution in [0.3, 0.4) is 0 Å². The lowest BCUT2D eigenvalue weighted by Gasteiger charge is -2.26. The van der Waals surface area contributed by atoms with Crippen molar-refractivity contribution >= 4 is 17.6 Å². The summed E-state index contributed by atoms with van der Waals surface area (Å²) in [6.07, 6.45) is 0.880. The third kappa shape index (κ3) is 3.42. The number of hydrogen-bond donors (Lipinski definition) is 0. The van der Waals surface area contributed by atoms with Crippen molar-refractivity contribution in [2.45, 2.75) is 26.3 Å². The van der Waals surface area contributed by atoms with Gasteiger partial charge in [0.2, 0.25) is 5.91 Å². The van der Waals surface area contributed by atoms with Gasteiger partial charge in [-0.2, -0.15) is 0 Å². The largest absolute Gasteiger partial charge is 0.468 e. The number of carbonyl (C=O) groups excluding carboxylic acids is 2. The summed E-state index contributed by atoms with van der Waals surface area (Å²) in [5.74, 6) is -0.294. The Balaban J connectivity index is 2.07. The van der Waals surface area contributed by atoms with Gasteiger partial charge in [0.25, 0.3) is 0 Å². The van der Waals surface area contributed by atoms with E-state index in [0.29, 0.717) is 6.54 Å². The van der Waals surface area contributed by atoms with Gasteiger partial charge in [0.1, 0.15) is 0 Å². The molecule has 0 radical (unpaired) electrons. The Morgan fingerprint density at radius 2 is 2.05 bits per heavy atom. The molecule has 1 aromatic carbocycles. The number of anilines is 1. The number of para-hydroxylation sites is 1. The fraction of sp³-hybridized carbons (Fsp3) is 0.500. The van der Waals surface area contributed by atoms with E-state index in [1.165, 1.54) is 12.7 Å². The Kier molecular flexibility index (Phi) is 4.96. The Bertz CT molecular complexity index is 530. The number of methoxy groups -OCH3 is 1. The molecule has 21 heavy (non-hydrogen) atoms. The number of hydrogen-bond acceptors (Lipinski definition) is 4. The summed E-state index contributed by atoms with van der Waals surface area (Å²) in [5, 5.41) is 0. The molecule has 0 aromatic heterocycles. The summed E-state index contributed by atoms with van der Waals surface area (Å²) < 4.78 is 4.66. The number of likely N-dealkylation sites (N-methyl/N-ethyl adjacent to an activating group) is 1. The predicted molar refractivity (Wildman–Crippen MR) is 81.2 cm³/mol. The molecule has 1 unspecified atom stereocenters. The van der Waals surface area contributed by atoms with Crippen molar-refractivity contribution < 1.29 is 14.3 Å². The van der Waals surface area contributed by atoms with Crippen LogP contribution < -0.4 is 4.90 Å². The SMILES string of the molecule is CCN(CC(=O)OC)CC(=O)N1c2ccccc2CC1C. The van der Waals surface area contributed by atoms with Crippen LogP contribution in [0.25, 0.3) is 0 Å². The van der Waals surface area contributed by atoms with Crippen molar-refractivity contribution in [2.75, 3.05) is 31.6 Å². The number of esters is 1. The third-order valence-electron chi connectivity index (χ3n) is 3.86. The molecule has 5 nitrogen and oxygen atoms in total. The quantitative estimate of drug-likeness (QED) is 0.770. The summed E-state index contributed by atoms with van der Waals surface area (Å²) >= 11 is 0. The molecule has 0 saturated heterocycles. The van der Waals surface area contributed by atoms with E-state index in [1.807, 2.05) is 30.0 Å². The first-order valence-corrected chi connectivity index (χ1v) is 7.26. The molecule has 1 aliphatic rings. The van der Waals surface area contributed by atoms with Gasteiger partial charge in [-0.15, -0.1) is 0 Å². The Hall–Kier alpha value is -1.88. The minimum absolute atomic E-state index is 0.0261. The average Bonchev–Trinajstić information content (AvgIpc) is 2.81. The van der Waals surface area contributed by atoms with E-state index in [4.69, 9.17) is 0 Å². The molecule has 0 N–H and O–H groups in total. The summed E-state index contributed by atoms with van der Waals surface area (Å²) in [6, 6.07) is 8.14. The highest BCUT2D eigenvalue weighted by atomic mass is 16.5. The van der Waals surface area contributed by atoms with Crippen molar-refractivity contribution in [3.63, 3.8) is 0 Å². The first kappa shape index (κ1) is 15.5. The van der Waals surface area contributed by atoms with E-state index in [1.54, 1.807) is 4.90 Å². The van der Waals surface area contributed by atoms with Crippen LogP contribution in [0.2, 0.25) is 0 Å². The molecule has 0 aliphatic carbocycles. The van der Waals surface area contributed by atoms with Gasteiger partial charge in [-0.05, 0) is 31.5 Å². The van der Waals surface area contributed by atoms with E-state index >= 15 is 0 Å². The number of ether oxygens (including phenoxy) is 1.